The summed E-state index contributed by atoms with van der Waals surface area (Å²) in [5.41, 5.74) is -0.530. The molecular weight excluding hydrogens is 524 g/mol. The van der Waals surface area contributed by atoms with Crippen molar-refractivity contribution < 1.29 is 23.9 Å². The standard InChI is InChI=1S/C30H44N6O5/c1-5-14-35(15-6-2)24-17-25(27(38)33-23(18-31)16-22-12-13-32-26(22)37)36(19-24)28(39)30(3,4)34-29(40)41-20-21-10-8-7-9-11-21/h7-11,22-25H,5-6,12-17,19-20H2,1-4H3,(H,32,37)(H,33,38)(H,34,40)/t22-,23?,24+,25-/m0/s1. The van der Waals surface area contributed by atoms with E-state index in [0.717, 1.165) is 31.5 Å². The lowest BCUT2D eigenvalue weighted by Gasteiger charge is -2.33. The molecule has 0 saturated carbocycles. The number of nitriles is 1. The van der Waals surface area contributed by atoms with Crippen molar-refractivity contribution in [3.8, 4) is 6.07 Å². The molecule has 2 heterocycles. The van der Waals surface area contributed by atoms with Crippen molar-refractivity contribution in [2.75, 3.05) is 26.2 Å². The monoisotopic (exact) mass is 568 g/mol. The molecule has 224 valence electrons. The summed E-state index contributed by atoms with van der Waals surface area (Å²) >= 11 is 0. The minimum absolute atomic E-state index is 0.0448. The van der Waals surface area contributed by atoms with Crippen molar-refractivity contribution in [1.82, 2.24) is 25.8 Å². The molecule has 0 aromatic heterocycles. The molecule has 3 rings (SSSR count). The highest BCUT2D eigenvalue weighted by Crippen LogP contribution is 2.27. The second-order valence-corrected chi connectivity index (χ2v) is 11.4. The maximum Gasteiger partial charge on any atom is 0.408 e. The number of carbonyl (C=O) groups excluding carboxylic acids is 4. The quantitative estimate of drug-likeness (QED) is 0.331. The Morgan fingerprint density at radius 2 is 1.88 bits per heavy atom. The fourth-order valence-electron chi connectivity index (χ4n) is 5.60. The zero-order valence-corrected chi connectivity index (χ0v) is 24.7. The fraction of sp³-hybridized carbons (Fsp3) is 0.633. The highest BCUT2D eigenvalue weighted by molar-refractivity contribution is 5.94. The Bertz CT molecular complexity index is 1100. The maximum absolute atomic E-state index is 13.9. The van der Waals surface area contributed by atoms with Gasteiger partial charge in [0, 0.05) is 25.0 Å². The number of rotatable bonds is 13. The van der Waals surface area contributed by atoms with Gasteiger partial charge >= 0.3 is 6.09 Å². The van der Waals surface area contributed by atoms with E-state index in [2.05, 4.69) is 40.8 Å². The largest absolute Gasteiger partial charge is 0.445 e. The number of carbonyl (C=O) groups is 4. The van der Waals surface area contributed by atoms with E-state index < -0.39 is 35.5 Å². The average Bonchev–Trinajstić information content (AvgIpc) is 3.57. The van der Waals surface area contributed by atoms with Gasteiger partial charge in [0.15, 0.2) is 0 Å². The molecule has 1 aromatic carbocycles. The van der Waals surface area contributed by atoms with Crippen LogP contribution in [0.15, 0.2) is 30.3 Å². The van der Waals surface area contributed by atoms with Crippen LogP contribution in [0.1, 0.15) is 65.4 Å². The van der Waals surface area contributed by atoms with E-state index in [-0.39, 0.29) is 30.9 Å². The topological polar surface area (TPSA) is 144 Å². The van der Waals surface area contributed by atoms with Gasteiger partial charge < -0.3 is 25.6 Å². The molecule has 0 radical (unpaired) electrons. The zero-order chi connectivity index (χ0) is 30.0. The molecule has 41 heavy (non-hydrogen) atoms. The van der Waals surface area contributed by atoms with Crippen molar-refractivity contribution in [2.24, 2.45) is 5.92 Å². The summed E-state index contributed by atoms with van der Waals surface area (Å²) < 4.78 is 5.34. The Labute approximate surface area is 242 Å². The molecule has 0 bridgehead atoms. The smallest absolute Gasteiger partial charge is 0.408 e. The van der Waals surface area contributed by atoms with Gasteiger partial charge in [0.1, 0.15) is 24.2 Å². The van der Waals surface area contributed by atoms with Crippen LogP contribution in [0.3, 0.4) is 0 Å². The van der Waals surface area contributed by atoms with Crippen LogP contribution < -0.4 is 16.0 Å². The Morgan fingerprint density at radius 3 is 2.46 bits per heavy atom. The van der Waals surface area contributed by atoms with Crippen LogP contribution in [0.4, 0.5) is 4.79 Å². The molecule has 11 nitrogen and oxygen atoms in total. The fourth-order valence-corrected chi connectivity index (χ4v) is 5.60. The SMILES string of the molecule is CCCN(CCC)[C@@H]1C[C@@H](C(=O)NC(C#N)C[C@@H]2CCNC2=O)N(C(=O)C(C)(C)NC(=O)OCc2ccccc2)C1. The third-order valence-electron chi connectivity index (χ3n) is 7.70. The van der Waals surface area contributed by atoms with Crippen LogP contribution in [0.5, 0.6) is 0 Å². The van der Waals surface area contributed by atoms with Crippen molar-refractivity contribution in [2.45, 2.75) is 90.1 Å². The van der Waals surface area contributed by atoms with Gasteiger partial charge in [-0.3, -0.25) is 19.3 Å². The molecule has 1 aromatic rings. The van der Waals surface area contributed by atoms with Gasteiger partial charge in [-0.25, -0.2) is 4.79 Å². The van der Waals surface area contributed by atoms with Gasteiger partial charge in [-0.15, -0.1) is 0 Å². The number of amides is 4. The van der Waals surface area contributed by atoms with Crippen LogP contribution >= 0.6 is 0 Å². The molecule has 4 amide bonds. The number of alkyl carbamates (subject to hydrolysis) is 1. The van der Waals surface area contributed by atoms with Crippen molar-refractivity contribution in [1.29, 1.82) is 5.26 Å². The molecule has 2 fully saturated rings. The van der Waals surface area contributed by atoms with E-state index in [1.807, 2.05) is 30.3 Å². The van der Waals surface area contributed by atoms with E-state index in [9.17, 15) is 24.4 Å². The van der Waals surface area contributed by atoms with Gasteiger partial charge in [-0.1, -0.05) is 44.2 Å². The van der Waals surface area contributed by atoms with Gasteiger partial charge in [-0.2, -0.15) is 5.26 Å². The minimum atomic E-state index is -1.35. The molecule has 2 saturated heterocycles. The average molecular weight is 569 g/mol. The molecule has 11 heteroatoms. The van der Waals surface area contributed by atoms with Crippen LogP contribution in [-0.2, 0) is 25.7 Å². The lowest BCUT2D eigenvalue weighted by molar-refractivity contribution is -0.142. The summed E-state index contributed by atoms with van der Waals surface area (Å²) in [5, 5.41) is 18.0. The lowest BCUT2D eigenvalue weighted by Crippen LogP contribution is -2.59. The van der Waals surface area contributed by atoms with E-state index in [1.165, 1.54) is 4.90 Å². The summed E-state index contributed by atoms with van der Waals surface area (Å²) in [7, 11) is 0. The maximum atomic E-state index is 13.9. The Morgan fingerprint density at radius 1 is 1.20 bits per heavy atom. The first-order valence-electron chi connectivity index (χ1n) is 14.6. The molecule has 2 aliphatic rings. The van der Waals surface area contributed by atoms with Gasteiger partial charge in [-0.05, 0) is 64.6 Å². The van der Waals surface area contributed by atoms with Crippen LogP contribution in [0.25, 0.3) is 0 Å². The van der Waals surface area contributed by atoms with Crippen LogP contribution in [-0.4, -0.2) is 83.5 Å². The molecule has 4 atom stereocenters. The molecule has 1 unspecified atom stereocenters. The van der Waals surface area contributed by atoms with Crippen molar-refractivity contribution in [3.05, 3.63) is 35.9 Å². The number of benzene rings is 1. The number of nitrogens with one attached hydrogen (secondary N) is 3. The van der Waals surface area contributed by atoms with E-state index in [1.54, 1.807) is 13.8 Å². The number of hydrogen-bond donors (Lipinski definition) is 3. The van der Waals surface area contributed by atoms with E-state index >= 15 is 0 Å². The second-order valence-electron chi connectivity index (χ2n) is 11.4. The molecule has 3 N–H and O–H groups in total. The summed E-state index contributed by atoms with van der Waals surface area (Å²) in [6, 6.07) is 9.62. The molecule has 2 aliphatic heterocycles. The Balaban J connectivity index is 1.74. The lowest BCUT2D eigenvalue weighted by atomic mass is 9.98. The summed E-state index contributed by atoms with van der Waals surface area (Å²) in [6.45, 7) is 9.98. The van der Waals surface area contributed by atoms with Gasteiger partial charge in [0.25, 0.3) is 0 Å². The Kier molecular flexibility index (Phi) is 11.5. The number of likely N-dealkylation sites (tertiary alicyclic amines) is 1. The minimum Gasteiger partial charge on any atom is -0.445 e. The highest BCUT2D eigenvalue weighted by Gasteiger charge is 2.46. The third kappa shape index (κ3) is 8.67. The van der Waals surface area contributed by atoms with Crippen molar-refractivity contribution >= 4 is 23.8 Å². The first kappa shape index (κ1) is 31.9. The zero-order valence-electron chi connectivity index (χ0n) is 24.7. The predicted octanol–water partition coefficient (Wildman–Crippen LogP) is 2.32. The number of nitrogens with zero attached hydrogens (tertiary/aromatic N) is 3. The Hall–Kier alpha value is -3.65. The molecule has 0 aliphatic carbocycles. The summed E-state index contributed by atoms with van der Waals surface area (Å²) in [4.78, 5) is 56.0. The third-order valence-corrected chi connectivity index (χ3v) is 7.70. The van der Waals surface area contributed by atoms with Crippen LogP contribution in [0, 0.1) is 17.2 Å². The number of hydrogen-bond acceptors (Lipinski definition) is 7. The second kappa shape index (κ2) is 14.8. The molecule has 0 spiro atoms. The van der Waals surface area contributed by atoms with E-state index in [0.29, 0.717) is 25.9 Å². The van der Waals surface area contributed by atoms with Crippen LogP contribution in [0.2, 0.25) is 0 Å². The predicted molar refractivity (Wildman–Crippen MR) is 153 cm³/mol. The van der Waals surface area contributed by atoms with Crippen molar-refractivity contribution in [3.63, 3.8) is 0 Å². The van der Waals surface area contributed by atoms with Gasteiger partial charge in [0.2, 0.25) is 17.7 Å². The van der Waals surface area contributed by atoms with E-state index in [4.69, 9.17) is 4.74 Å². The molecular formula is C30H44N6O5. The normalized spacial score (nSPS) is 21.2. The van der Waals surface area contributed by atoms with Gasteiger partial charge in [0.05, 0.1) is 6.07 Å². The first-order chi connectivity index (χ1) is 19.6. The number of ether oxygens (including phenoxy) is 1. The first-order valence-corrected chi connectivity index (χ1v) is 14.6. The summed E-state index contributed by atoms with van der Waals surface area (Å²) in [6.07, 6.45) is 2.38. The summed E-state index contributed by atoms with van der Waals surface area (Å²) in [5.74, 6) is -1.28. The highest BCUT2D eigenvalue weighted by atomic mass is 16.5.